The molecule has 0 atom stereocenters. The molecule has 1 saturated heterocycles. The Bertz CT molecular complexity index is 1550. The molecule has 1 aromatic heterocycles. The third kappa shape index (κ3) is 6.02. The van der Waals surface area contributed by atoms with E-state index in [1.165, 1.54) is 11.1 Å². The van der Waals surface area contributed by atoms with Crippen LogP contribution < -0.4 is 20.7 Å². The van der Waals surface area contributed by atoms with Crippen molar-refractivity contribution in [3.63, 3.8) is 0 Å². The molecule has 3 aromatic carbocycles. The van der Waals surface area contributed by atoms with E-state index in [0.29, 0.717) is 19.0 Å². The normalized spacial score (nSPS) is 15.6. The summed E-state index contributed by atoms with van der Waals surface area (Å²) in [4.78, 5) is 22.9. The third-order valence-corrected chi connectivity index (χ3v) is 7.88. The number of hydrogen-bond donors (Lipinski definition) is 3. The van der Waals surface area contributed by atoms with Gasteiger partial charge in [-0.2, -0.15) is 4.98 Å². The van der Waals surface area contributed by atoms with E-state index in [1.54, 1.807) is 18.2 Å². The van der Waals surface area contributed by atoms with Gasteiger partial charge in [-0.05, 0) is 78.8 Å². The predicted octanol–water partition coefficient (Wildman–Crippen LogP) is 4.72. The van der Waals surface area contributed by atoms with E-state index in [0.717, 1.165) is 91.4 Å². The lowest BCUT2D eigenvalue weighted by molar-refractivity contribution is 0.0972. The number of phenols is 1. The van der Waals surface area contributed by atoms with Crippen molar-refractivity contribution < 1.29 is 14.6 Å². The van der Waals surface area contributed by atoms with Gasteiger partial charge in [0.1, 0.15) is 23.9 Å². The van der Waals surface area contributed by atoms with Crippen LogP contribution in [0.15, 0.2) is 66.7 Å². The molecule has 1 fully saturated rings. The molecule has 8 heteroatoms. The van der Waals surface area contributed by atoms with Crippen molar-refractivity contribution in [2.75, 3.05) is 36.8 Å². The lowest BCUT2D eigenvalue weighted by Crippen LogP contribution is -2.44. The van der Waals surface area contributed by atoms with Crippen LogP contribution in [0.1, 0.15) is 45.5 Å². The van der Waals surface area contributed by atoms with Crippen LogP contribution in [0, 0.1) is 0 Å². The summed E-state index contributed by atoms with van der Waals surface area (Å²) in [6.45, 7) is 4.40. The van der Waals surface area contributed by atoms with E-state index in [2.05, 4.69) is 44.5 Å². The second kappa shape index (κ2) is 12.0. The molecule has 0 radical (unpaired) electrons. The average molecular weight is 550 g/mol. The molecule has 41 heavy (non-hydrogen) atoms. The van der Waals surface area contributed by atoms with Crippen LogP contribution in [-0.2, 0) is 25.9 Å². The quantitative estimate of drug-likeness (QED) is 0.335. The maximum atomic E-state index is 11.3. The van der Waals surface area contributed by atoms with E-state index >= 15 is 0 Å². The highest BCUT2D eigenvalue weighted by Crippen LogP contribution is 2.38. The Kier molecular flexibility index (Phi) is 7.82. The number of Topliss-reactive ketones (excluding diaryl/α,β-unsaturated/α-hetero) is 1. The summed E-state index contributed by atoms with van der Waals surface area (Å²) in [7, 11) is 0. The molecule has 2 aliphatic carbocycles. The summed E-state index contributed by atoms with van der Waals surface area (Å²) in [6, 6.07) is 21.5. The van der Waals surface area contributed by atoms with Gasteiger partial charge in [-0.1, -0.05) is 30.3 Å². The molecule has 8 nitrogen and oxygen atoms in total. The van der Waals surface area contributed by atoms with Gasteiger partial charge >= 0.3 is 0 Å². The largest absolute Gasteiger partial charge is 0.508 e. The second-order valence-corrected chi connectivity index (χ2v) is 10.7. The summed E-state index contributed by atoms with van der Waals surface area (Å²) >= 11 is 0. The van der Waals surface area contributed by atoms with Crippen LogP contribution in [0.25, 0.3) is 11.3 Å². The summed E-state index contributed by atoms with van der Waals surface area (Å²) in [5.41, 5.74) is 13.6. The number of nitrogens with zero attached hydrogens (tertiary/aromatic N) is 3. The molecular weight excluding hydrogens is 514 g/mol. The maximum Gasteiger partial charge on any atom is 0.222 e. The summed E-state index contributed by atoms with van der Waals surface area (Å²) in [5.74, 6) is 2.69. The Hall–Kier alpha value is -4.43. The number of nitrogen functional groups attached to an aromatic ring is 1. The Morgan fingerprint density at radius 3 is 2.49 bits per heavy atom. The van der Waals surface area contributed by atoms with Crippen LogP contribution in [0.4, 0.5) is 11.8 Å². The molecule has 3 aliphatic rings. The van der Waals surface area contributed by atoms with Gasteiger partial charge < -0.3 is 25.8 Å². The average Bonchev–Trinajstić information content (AvgIpc) is 3.00. The van der Waals surface area contributed by atoms with Gasteiger partial charge in [0.05, 0.1) is 5.69 Å². The molecule has 1 aliphatic heterocycles. The SMILES string of the molecule is Nc1nc2c(c(N3CCNCC3)n1)CCc1cc(OCc3ccccc3)ccc1-2.O=C1CCCc2cc(O)ccc21. The zero-order chi connectivity index (χ0) is 28.2. The van der Waals surface area contributed by atoms with Gasteiger partial charge in [-0.3, -0.25) is 4.79 Å². The highest BCUT2D eigenvalue weighted by molar-refractivity contribution is 5.98. The van der Waals surface area contributed by atoms with Crippen molar-refractivity contribution in [2.24, 2.45) is 0 Å². The Morgan fingerprint density at radius 2 is 1.66 bits per heavy atom. The van der Waals surface area contributed by atoms with E-state index < -0.39 is 0 Å². The standard InChI is InChI=1S/C23H25N5O.C10H10O2/c24-23-26-21-19-9-7-18(29-15-16-4-2-1-3-5-16)14-17(19)6-8-20(21)22(27-23)28-12-10-25-11-13-28;11-8-4-5-9-7(6-8)2-1-3-10(9)12/h1-5,7,9,14,25H,6,8,10-13,15H2,(H2,24,26,27);4-6,11H,1-3H2. The number of rotatable bonds is 4. The molecule has 2 heterocycles. The fourth-order valence-electron chi connectivity index (χ4n) is 5.81. The summed E-state index contributed by atoms with van der Waals surface area (Å²) < 4.78 is 6.02. The molecular formula is C33H35N5O3. The number of ketones is 1. The fourth-order valence-corrected chi connectivity index (χ4v) is 5.81. The van der Waals surface area contributed by atoms with Crippen molar-refractivity contribution in [2.45, 2.75) is 38.7 Å². The highest BCUT2D eigenvalue weighted by Gasteiger charge is 2.26. The van der Waals surface area contributed by atoms with E-state index in [1.807, 2.05) is 24.3 Å². The maximum absolute atomic E-state index is 11.3. The smallest absolute Gasteiger partial charge is 0.222 e. The van der Waals surface area contributed by atoms with Gasteiger partial charge in [-0.25, -0.2) is 4.98 Å². The number of benzene rings is 3. The third-order valence-electron chi connectivity index (χ3n) is 7.88. The van der Waals surface area contributed by atoms with Gasteiger partial charge in [0.2, 0.25) is 5.95 Å². The topological polar surface area (TPSA) is 114 Å². The Morgan fingerprint density at radius 1 is 0.878 bits per heavy atom. The number of nitrogens with one attached hydrogen (secondary N) is 1. The summed E-state index contributed by atoms with van der Waals surface area (Å²) in [6.07, 6.45) is 4.35. The van der Waals surface area contributed by atoms with Crippen molar-refractivity contribution in [3.8, 4) is 22.8 Å². The number of carbonyl (C=O) groups is 1. The van der Waals surface area contributed by atoms with Gasteiger partial charge in [0.15, 0.2) is 5.78 Å². The minimum atomic E-state index is 0.205. The molecule has 0 amide bonds. The number of hydrogen-bond acceptors (Lipinski definition) is 8. The van der Waals surface area contributed by atoms with Crippen molar-refractivity contribution in [1.29, 1.82) is 0 Å². The number of ether oxygens (including phenoxy) is 1. The first-order valence-electron chi connectivity index (χ1n) is 14.3. The van der Waals surface area contributed by atoms with Crippen LogP contribution >= 0.6 is 0 Å². The molecule has 0 saturated carbocycles. The lowest BCUT2D eigenvalue weighted by Gasteiger charge is -2.32. The summed E-state index contributed by atoms with van der Waals surface area (Å²) in [5, 5.41) is 12.6. The minimum absolute atomic E-state index is 0.205. The number of anilines is 2. The number of phenolic OH excluding ortho intramolecular Hbond substituents is 1. The van der Waals surface area contributed by atoms with Crippen molar-refractivity contribution >= 4 is 17.5 Å². The monoisotopic (exact) mass is 549 g/mol. The van der Waals surface area contributed by atoms with Gasteiger partial charge in [0.25, 0.3) is 0 Å². The minimum Gasteiger partial charge on any atom is -0.508 e. The fraction of sp³-hybridized carbons (Fsp3) is 0.303. The number of piperazine rings is 1. The van der Waals surface area contributed by atoms with Crippen LogP contribution in [0.3, 0.4) is 0 Å². The van der Waals surface area contributed by atoms with Crippen molar-refractivity contribution in [1.82, 2.24) is 15.3 Å². The zero-order valence-corrected chi connectivity index (χ0v) is 23.1. The highest BCUT2D eigenvalue weighted by atomic mass is 16.5. The number of nitrogens with two attached hydrogens (primary N) is 1. The molecule has 210 valence electrons. The zero-order valence-electron chi connectivity index (χ0n) is 23.1. The Balaban J connectivity index is 0.000000210. The van der Waals surface area contributed by atoms with E-state index in [9.17, 15) is 4.79 Å². The van der Waals surface area contributed by atoms with E-state index in [-0.39, 0.29) is 11.5 Å². The first-order valence-corrected chi connectivity index (χ1v) is 14.3. The molecule has 0 bridgehead atoms. The van der Waals surface area contributed by atoms with Gasteiger partial charge in [0, 0.05) is 49.3 Å². The molecule has 4 aromatic rings. The number of carbonyl (C=O) groups excluding carboxylic acids is 1. The molecule has 4 N–H and O–H groups in total. The number of aromatic hydroxyl groups is 1. The first-order chi connectivity index (χ1) is 20.0. The van der Waals surface area contributed by atoms with Crippen LogP contribution in [-0.4, -0.2) is 47.0 Å². The van der Waals surface area contributed by atoms with Crippen molar-refractivity contribution in [3.05, 3.63) is 94.5 Å². The number of aromatic nitrogens is 2. The Labute approximate surface area is 240 Å². The second-order valence-electron chi connectivity index (χ2n) is 10.7. The molecule has 0 spiro atoms. The van der Waals surface area contributed by atoms with E-state index in [4.69, 9.17) is 15.6 Å². The number of aryl methyl sites for hydroxylation is 2. The van der Waals surface area contributed by atoms with Gasteiger partial charge in [-0.15, -0.1) is 0 Å². The lowest BCUT2D eigenvalue weighted by atomic mass is 9.88. The molecule has 7 rings (SSSR count). The van der Waals surface area contributed by atoms with Crippen LogP contribution in [0.5, 0.6) is 11.5 Å². The first kappa shape index (κ1) is 26.8. The predicted molar refractivity (Wildman–Crippen MR) is 161 cm³/mol. The number of fused-ring (bicyclic) bond motifs is 4. The van der Waals surface area contributed by atoms with Crippen LogP contribution in [0.2, 0.25) is 0 Å². The molecule has 0 unspecified atom stereocenters.